The Bertz CT molecular complexity index is 576. The monoisotopic (exact) mass is 360 g/mol. The van der Waals surface area contributed by atoms with Gasteiger partial charge in [0.2, 0.25) is 0 Å². The predicted octanol–water partition coefficient (Wildman–Crippen LogP) is 4.44. The SMILES string of the molecule is CCCCCCCOC(=O)CCC(=O)OCc1cc(F)c(F)cc1F. The first-order valence-corrected chi connectivity index (χ1v) is 8.38. The number of unbranched alkanes of at least 4 members (excludes halogenated alkanes) is 4. The zero-order valence-electron chi connectivity index (χ0n) is 14.3. The van der Waals surface area contributed by atoms with E-state index in [4.69, 9.17) is 9.47 Å². The van der Waals surface area contributed by atoms with Gasteiger partial charge in [-0.15, -0.1) is 0 Å². The number of hydrogen-bond donors (Lipinski definition) is 0. The van der Waals surface area contributed by atoms with Gasteiger partial charge in [0, 0.05) is 11.6 Å². The van der Waals surface area contributed by atoms with Gasteiger partial charge in [0.15, 0.2) is 11.6 Å². The average molecular weight is 360 g/mol. The third-order valence-corrected chi connectivity index (χ3v) is 3.52. The first-order chi connectivity index (χ1) is 11.9. The van der Waals surface area contributed by atoms with Gasteiger partial charge in [0.1, 0.15) is 12.4 Å². The fourth-order valence-electron chi connectivity index (χ4n) is 2.07. The van der Waals surface area contributed by atoms with Gasteiger partial charge < -0.3 is 9.47 Å². The maximum atomic E-state index is 13.4. The molecule has 0 saturated carbocycles. The molecule has 1 aromatic carbocycles. The minimum Gasteiger partial charge on any atom is -0.466 e. The maximum Gasteiger partial charge on any atom is 0.306 e. The summed E-state index contributed by atoms with van der Waals surface area (Å²) in [5.41, 5.74) is -0.276. The molecule has 0 bridgehead atoms. The fraction of sp³-hybridized carbons (Fsp3) is 0.556. The molecular weight excluding hydrogens is 337 g/mol. The number of halogens is 3. The van der Waals surface area contributed by atoms with Crippen LogP contribution in [-0.2, 0) is 25.7 Å². The summed E-state index contributed by atoms with van der Waals surface area (Å²) in [4.78, 5) is 23.0. The number of esters is 2. The Hall–Kier alpha value is -2.05. The normalized spacial score (nSPS) is 10.6. The lowest BCUT2D eigenvalue weighted by Crippen LogP contribution is -2.11. The largest absolute Gasteiger partial charge is 0.466 e. The van der Waals surface area contributed by atoms with Crippen molar-refractivity contribution in [3.05, 3.63) is 35.1 Å². The van der Waals surface area contributed by atoms with Crippen molar-refractivity contribution in [1.29, 1.82) is 0 Å². The fourth-order valence-corrected chi connectivity index (χ4v) is 2.07. The van der Waals surface area contributed by atoms with Crippen LogP contribution in [0.3, 0.4) is 0 Å². The van der Waals surface area contributed by atoms with Crippen LogP contribution >= 0.6 is 0 Å². The van der Waals surface area contributed by atoms with Crippen LogP contribution in [-0.4, -0.2) is 18.5 Å². The number of hydrogen-bond acceptors (Lipinski definition) is 4. The molecule has 0 spiro atoms. The van der Waals surface area contributed by atoms with Gasteiger partial charge in [0.05, 0.1) is 19.4 Å². The second-order valence-corrected chi connectivity index (χ2v) is 5.65. The molecule has 0 atom stereocenters. The molecule has 0 amide bonds. The highest BCUT2D eigenvalue weighted by atomic mass is 19.2. The van der Waals surface area contributed by atoms with Crippen LogP contribution < -0.4 is 0 Å². The molecule has 0 aromatic heterocycles. The molecule has 140 valence electrons. The van der Waals surface area contributed by atoms with E-state index >= 15 is 0 Å². The third-order valence-electron chi connectivity index (χ3n) is 3.52. The third kappa shape index (κ3) is 8.56. The van der Waals surface area contributed by atoms with E-state index < -0.39 is 36.0 Å². The molecule has 4 nitrogen and oxygen atoms in total. The van der Waals surface area contributed by atoms with Crippen molar-refractivity contribution >= 4 is 11.9 Å². The first kappa shape index (κ1) is 21.0. The van der Waals surface area contributed by atoms with Gasteiger partial charge >= 0.3 is 11.9 Å². The van der Waals surface area contributed by atoms with Crippen molar-refractivity contribution in [2.75, 3.05) is 6.61 Å². The molecule has 1 rings (SSSR count). The highest BCUT2D eigenvalue weighted by Gasteiger charge is 2.13. The van der Waals surface area contributed by atoms with Crippen molar-refractivity contribution in [3.8, 4) is 0 Å². The number of ether oxygens (including phenoxy) is 2. The predicted molar refractivity (Wildman–Crippen MR) is 85.1 cm³/mol. The summed E-state index contributed by atoms with van der Waals surface area (Å²) >= 11 is 0. The molecule has 1 aromatic rings. The maximum absolute atomic E-state index is 13.4. The zero-order chi connectivity index (χ0) is 18.7. The van der Waals surface area contributed by atoms with E-state index in [0.29, 0.717) is 18.7 Å². The molecule has 0 saturated heterocycles. The van der Waals surface area contributed by atoms with E-state index in [2.05, 4.69) is 6.92 Å². The molecule has 0 aliphatic carbocycles. The van der Waals surface area contributed by atoms with Gasteiger partial charge in [-0.2, -0.15) is 0 Å². The molecule has 0 aliphatic heterocycles. The lowest BCUT2D eigenvalue weighted by atomic mass is 10.2. The summed E-state index contributed by atoms with van der Waals surface area (Å²) in [6, 6.07) is 1.02. The second-order valence-electron chi connectivity index (χ2n) is 5.65. The molecule has 0 N–H and O–H groups in total. The number of rotatable bonds is 11. The molecular formula is C18H23F3O4. The molecule has 0 radical (unpaired) electrons. The Kier molecular flexibility index (Phi) is 9.65. The van der Waals surface area contributed by atoms with Crippen LogP contribution in [0.15, 0.2) is 12.1 Å². The van der Waals surface area contributed by atoms with Crippen LogP contribution in [0.25, 0.3) is 0 Å². The number of carbonyl (C=O) groups excluding carboxylic acids is 2. The average Bonchev–Trinajstić information content (AvgIpc) is 2.58. The minimum absolute atomic E-state index is 0.145. The quantitative estimate of drug-likeness (QED) is 0.333. The van der Waals surface area contributed by atoms with Gasteiger partial charge in [-0.3, -0.25) is 9.59 Å². The van der Waals surface area contributed by atoms with Gasteiger partial charge in [-0.05, 0) is 12.5 Å². The molecule has 0 unspecified atom stereocenters. The summed E-state index contributed by atoms with van der Waals surface area (Å²) < 4.78 is 48.9. The van der Waals surface area contributed by atoms with Crippen LogP contribution in [0.4, 0.5) is 13.2 Å². The second kappa shape index (κ2) is 11.5. The van der Waals surface area contributed by atoms with Crippen molar-refractivity contribution in [1.82, 2.24) is 0 Å². The summed E-state index contributed by atoms with van der Waals surface area (Å²) in [5.74, 6) is -4.80. The van der Waals surface area contributed by atoms with Crippen molar-refractivity contribution in [2.45, 2.75) is 58.5 Å². The zero-order valence-corrected chi connectivity index (χ0v) is 14.3. The summed E-state index contributed by atoms with van der Waals surface area (Å²) in [5, 5.41) is 0. The number of benzene rings is 1. The lowest BCUT2D eigenvalue weighted by Gasteiger charge is -2.07. The van der Waals surface area contributed by atoms with E-state index in [0.717, 1.165) is 32.1 Å². The molecule has 0 fully saturated rings. The Morgan fingerprint density at radius 1 is 0.840 bits per heavy atom. The summed E-state index contributed by atoms with van der Waals surface area (Å²) in [6.07, 6.45) is 4.79. The van der Waals surface area contributed by atoms with Crippen molar-refractivity contribution in [3.63, 3.8) is 0 Å². The highest BCUT2D eigenvalue weighted by Crippen LogP contribution is 2.15. The minimum atomic E-state index is -1.31. The van der Waals surface area contributed by atoms with Crippen LogP contribution in [0, 0.1) is 17.5 Å². The van der Waals surface area contributed by atoms with Gasteiger partial charge in [-0.25, -0.2) is 13.2 Å². The van der Waals surface area contributed by atoms with Crippen LogP contribution in [0.2, 0.25) is 0 Å². The van der Waals surface area contributed by atoms with Gasteiger partial charge in [-0.1, -0.05) is 32.6 Å². The summed E-state index contributed by atoms with van der Waals surface area (Å²) in [6.45, 7) is 1.89. The molecule has 25 heavy (non-hydrogen) atoms. The molecule has 7 heteroatoms. The lowest BCUT2D eigenvalue weighted by molar-refractivity contribution is -0.151. The van der Waals surface area contributed by atoms with Gasteiger partial charge in [0.25, 0.3) is 0 Å². The van der Waals surface area contributed by atoms with Crippen LogP contribution in [0.1, 0.15) is 57.4 Å². The van der Waals surface area contributed by atoms with E-state index in [-0.39, 0.29) is 18.4 Å². The Labute approximate surface area is 145 Å². The van der Waals surface area contributed by atoms with E-state index in [9.17, 15) is 22.8 Å². The first-order valence-electron chi connectivity index (χ1n) is 8.38. The Morgan fingerprint density at radius 3 is 2.12 bits per heavy atom. The summed E-state index contributed by atoms with van der Waals surface area (Å²) in [7, 11) is 0. The van der Waals surface area contributed by atoms with Crippen LogP contribution in [0.5, 0.6) is 0 Å². The smallest absolute Gasteiger partial charge is 0.306 e. The van der Waals surface area contributed by atoms with Crippen molar-refractivity contribution < 1.29 is 32.2 Å². The van der Waals surface area contributed by atoms with Crippen molar-refractivity contribution in [2.24, 2.45) is 0 Å². The Morgan fingerprint density at radius 2 is 1.44 bits per heavy atom. The standard InChI is InChI=1S/C18H23F3O4/c1-2-3-4-5-6-9-24-17(22)7-8-18(23)25-12-13-10-15(20)16(21)11-14(13)19/h10-11H,2-9,12H2,1H3. The molecule has 0 heterocycles. The van der Waals surface area contributed by atoms with E-state index in [1.54, 1.807) is 0 Å². The Balaban J connectivity index is 2.20. The highest BCUT2D eigenvalue weighted by molar-refractivity contribution is 5.77. The topological polar surface area (TPSA) is 52.6 Å². The van der Waals surface area contributed by atoms with E-state index in [1.165, 1.54) is 0 Å². The molecule has 0 aliphatic rings. The number of carbonyl (C=O) groups is 2. The van der Waals surface area contributed by atoms with E-state index in [1.807, 2.05) is 0 Å².